The van der Waals surface area contributed by atoms with Crippen LogP contribution in [0.2, 0.25) is 0 Å². The van der Waals surface area contributed by atoms with Gasteiger partial charge >= 0.3 is 0 Å². The molecule has 3 aromatic rings. The first-order chi connectivity index (χ1) is 15.6. The Kier molecular flexibility index (Phi) is 5.68. The van der Waals surface area contributed by atoms with Gasteiger partial charge in [0.1, 0.15) is 5.69 Å². The lowest BCUT2D eigenvalue weighted by molar-refractivity contribution is -0.0806. The van der Waals surface area contributed by atoms with Crippen molar-refractivity contribution in [3.63, 3.8) is 0 Å². The summed E-state index contributed by atoms with van der Waals surface area (Å²) in [6.45, 7) is 0. The molecule has 1 saturated carbocycles. The van der Waals surface area contributed by atoms with Gasteiger partial charge in [0.05, 0.1) is 24.1 Å². The second-order valence-electron chi connectivity index (χ2n) is 8.69. The normalized spacial score (nSPS) is 24.8. The van der Waals surface area contributed by atoms with Crippen LogP contribution in [0.5, 0.6) is 0 Å². The Hall–Kier alpha value is -3.16. The lowest BCUT2D eigenvalue weighted by Gasteiger charge is -2.38. The first-order valence-electron chi connectivity index (χ1n) is 11.1. The number of ether oxygens (including phenoxy) is 1. The van der Waals surface area contributed by atoms with Crippen LogP contribution in [0.3, 0.4) is 0 Å². The molecule has 1 saturated heterocycles. The van der Waals surface area contributed by atoms with Crippen molar-refractivity contribution >= 4 is 11.6 Å². The Morgan fingerprint density at radius 2 is 1.97 bits per heavy atom. The van der Waals surface area contributed by atoms with E-state index in [0.717, 1.165) is 42.4 Å². The molecule has 0 radical (unpaired) electrons. The van der Waals surface area contributed by atoms with Crippen LogP contribution >= 0.6 is 0 Å². The van der Waals surface area contributed by atoms with E-state index < -0.39 is 0 Å². The van der Waals surface area contributed by atoms with Crippen LogP contribution in [0, 0.1) is 5.92 Å². The Bertz CT molecular complexity index is 1120. The molecule has 4 N–H and O–H groups in total. The number of nitrogen functional groups attached to an aromatic ring is 1. The van der Waals surface area contributed by atoms with Gasteiger partial charge in [-0.25, -0.2) is 9.97 Å². The number of fused-ring (bicyclic) bond motifs is 1. The molecule has 2 aromatic heterocycles. The van der Waals surface area contributed by atoms with E-state index in [4.69, 9.17) is 16.2 Å². The Balaban J connectivity index is 1.40. The number of nitrogens with two attached hydrogens (primary N) is 2. The zero-order valence-corrected chi connectivity index (χ0v) is 17.9. The molecule has 0 bridgehead atoms. The number of rotatable bonds is 5. The maximum absolute atomic E-state index is 13.2. The molecule has 1 aliphatic heterocycles. The lowest BCUT2D eigenvalue weighted by atomic mass is 9.85. The molecule has 0 unspecified atom stereocenters. The van der Waals surface area contributed by atoms with Crippen LogP contribution in [0.25, 0.3) is 11.3 Å². The predicted molar refractivity (Wildman–Crippen MR) is 122 cm³/mol. The van der Waals surface area contributed by atoms with Crippen LogP contribution in [-0.4, -0.2) is 32.9 Å². The molecule has 32 heavy (non-hydrogen) atoms. The third kappa shape index (κ3) is 4.01. The van der Waals surface area contributed by atoms with Crippen molar-refractivity contribution in [1.82, 2.24) is 15.0 Å². The molecule has 3 heterocycles. The summed E-state index contributed by atoms with van der Waals surface area (Å²) in [6, 6.07) is 11.7. The number of pyridine rings is 1. The van der Waals surface area contributed by atoms with Gasteiger partial charge in [0.15, 0.2) is 11.6 Å². The minimum absolute atomic E-state index is 0.113. The Morgan fingerprint density at radius 1 is 1.12 bits per heavy atom. The van der Waals surface area contributed by atoms with Gasteiger partial charge in [-0.15, -0.1) is 0 Å². The number of benzene rings is 1. The molecule has 1 aliphatic carbocycles. The van der Waals surface area contributed by atoms with E-state index >= 15 is 0 Å². The van der Waals surface area contributed by atoms with Crippen LogP contribution in [0.1, 0.15) is 53.4 Å². The highest BCUT2D eigenvalue weighted by atomic mass is 16.5. The summed E-state index contributed by atoms with van der Waals surface area (Å²) in [7, 11) is 0. The first kappa shape index (κ1) is 20.7. The Labute approximate surface area is 187 Å². The number of Topliss-reactive ketones (excluding diaryl/α,β-unsaturated/α-hetero) is 1. The van der Waals surface area contributed by atoms with Gasteiger partial charge in [-0.1, -0.05) is 36.8 Å². The van der Waals surface area contributed by atoms with Crippen molar-refractivity contribution in [2.75, 3.05) is 5.73 Å². The topological polar surface area (TPSA) is 117 Å². The number of anilines is 1. The van der Waals surface area contributed by atoms with Crippen LogP contribution in [0.15, 0.2) is 55.0 Å². The fourth-order valence-corrected chi connectivity index (χ4v) is 5.01. The van der Waals surface area contributed by atoms with E-state index in [-0.39, 0.29) is 42.0 Å². The van der Waals surface area contributed by atoms with Crippen LogP contribution in [0.4, 0.5) is 5.82 Å². The quantitative estimate of drug-likeness (QED) is 0.596. The van der Waals surface area contributed by atoms with E-state index in [0.29, 0.717) is 11.6 Å². The fourth-order valence-electron chi connectivity index (χ4n) is 5.01. The number of aromatic nitrogens is 3. The maximum Gasteiger partial charge on any atom is 0.189 e. The summed E-state index contributed by atoms with van der Waals surface area (Å²) in [5, 5.41) is 0. The molecule has 0 amide bonds. The van der Waals surface area contributed by atoms with Crippen molar-refractivity contribution in [2.45, 2.75) is 50.4 Å². The van der Waals surface area contributed by atoms with Gasteiger partial charge in [0, 0.05) is 36.3 Å². The van der Waals surface area contributed by atoms with E-state index in [1.54, 1.807) is 18.6 Å². The minimum Gasteiger partial charge on any atom is -0.382 e. The van der Waals surface area contributed by atoms with Crippen molar-refractivity contribution in [2.24, 2.45) is 11.7 Å². The SMILES string of the molecule is Nc1ncc(-c2ccccc2)nc1C(=O)Cc1cnccc1[C@H]1C[C@@H](N)[C@H]2CCC[C@H]2O1. The van der Waals surface area contributed by atoms with Gasteiger partial charge in [-0.2, -0.15) is 0 Å². The van der Waals surface area contributed by atoms with Crippen LogP contribution < -0.4 is 11.5 Å². The summed E-state index contributed by atoms with van der Waals surface area (Å²) in [6.07, 6.45) is 9.35. The number of nitrogens with zero attached hydrogens (tertiary/aromatic N) is 3. The molecule has 2 aliphatic rings. The monoisotopic (exact) mass is 429 g/mol. The molecular formula is C25H27N5O2. The summed E-state index contributed by atoms with van der Waals surface area (Å²) in [4.78, 5) is 26.2. The molecule has 2 fully saturated rings. The summed E-state index contributed by atoms with van der Waals surface area (Å²) in [5.41, 5.74) is 16.0. The lowest BCUT2D eigenvalue weighted by Crippen LogP contribution is -2.43. The third-order valence-electron chi connectivity index (χ3n) is 6.65. The van der Waals surface area contributed by atoms with E-state index in [1.807, 2.05) is 36.4 Å². The highest BCUT2D eigenvalue weighted by molar-refractivity contribution is 5.99. The number of hydrogen-bond donors (Lipinski definition) is 2. The average Bonchev–Trinajstić information content (AvgIpc) is 3.30. The van der Waals surface area contributed by atoms with Crippen LogP contribution in [-0.2, 0) is 11.2 Å². The van der Waals surface area contributed by atoms with Crippen molar-refractivity contribution in [1.29, 1.82) is 0 Å². The standard InChI is InChI=1S/C25H27N5O2/c26-19-12-23(32-22-8-4-7-18(19)22)17-9-10-28-13-16(17)11-21(31)24-25(27)29-14-20(30-24)15-5-2-1-3-6-15/h1-3,5-6,9-10,13-14,18-19,22-23H,4,7-8,11-12,26H2,(H2,27,29)/t18-,19-,22-,23-/m1/s1. The molecular weight excluding hydrogens is 402 g/mol. The Morgan fingerprint density at radius 3 is 2.81 bits per heavy atom. The molecule has 0 spiro atoms. The number of hydrogen-bond acceptors (Lipinski definition) is 7. The van der Waals surface area contributed by atoms with Gasteiger partial charge in [-0.3, -0.25) is 9.78 Å². The van der Waals surface area contributed by atoms with Crippen molar-refractivity contribution < 1.29 is 9.53 Å². The van der Waals surface area contributed by atoms with E-state index in [2.05, 4.69) is 15.0 Å². The molecule has 164 valence electrons. The largest absolute Gasteiger partial charge is 0.382 e. The maximum atomic E-state index is 13.2. The highest BCUT2D eigenvalue weighted by Crippen LogP contribution is 2.42. The van der Waals surface area contributed by atoms with Crippen molar-refractivity contribution in [3.8, 4) is 11.3 Å². The second-order valence-corrected chi connectivity index (χ2v) is 8.69. The third-order valence-corrected chi connectivity index (χ3v) is 6.65. The molecule has 4 atom stereocenters. The highest BCUT2D eigenvalue weighted by Gasteiger charge is 2.40. The minimum atomic E-state index is -0.194. The van der Waals surface area contributed by atoms with Gasteiger partial charge < -0.3 is 16.2 Å². The van der Waals surface area contributed by atoms with E-state index in [9.17, 15) is 4.79 Å². The molecule has 1 aromatic carbocycles. The first-order valence-corrected chi connectivity index (χ1v) is 11.1. The summed E-state index contributed by atoms with van der Waals surface area (Å²) < 4.78 is 6.42. The number of carbonyl (C=O) groups is 1. The number of ketones is 1. The fraction of sp³-hybridized carbons (Fsp3) is 0.360. The van der Waals surface area contributed by atoms with Gasteiger partial charge in [0.25, 0.3) is 0 Å². The zero-order chi connectivity index (χ0) is 22.1. The van der Waals surface area contributed by atoms with Crippen molar-refractivity contribution in [3.05, 3.63) is 71.8 Å². The molecule has 7 heteroatoms. The average molecular weight is 430 g/mol. The summed E-state index contributed by atoms with van der Waals surface area (Å²) >= 11 is 0. The molecule has 5 rings (SSSR count). The molecule has 7 nitrogen and oxygen atoms in total. The summed E-state index contributed by atoms with van der Waals surface area (Å²) in [5.74, 6) is 0.375. The smallest absolute Gasteiger partial charge is 0.189 e. The van der Waals surface area contributed by atoms with Gasteiger partial charge in [-0.05, 0) is 36.5 Å². The second kappa shape index (κ2) is 8.76. The predicted octanol–water partition coefficient (Wildman–Crippen LogP) is 3.50. The number of carbonyl (C=O) groups excluding carboxylic acids is 1. The van der Waals surface area contributed by atoms with E-state index in [1.165, 1.54) is 0 Å². The zero-order valence-electron chi connectivity index (χ0n) is 17.9. The van der Waals surface area contributed by atoms with Gasteiger partial charge in [0.2, 0.25) is 0 Å².